The van der Waals surface area contributed by atoms with E-state index in [2.05, 4.69) is 20.7 Å². The van der Waals surface area contributed by atoms with Crippen molar-refractivity contribution in [3.8, 4) is 5.75 Å². The number of hydrogen-bond acceptors (Lipinski definition) is 5. The first kappa shape index (κ1) is 12.6. The first-order valence-corrected chi connectivity index (χ1v) is 7.40. The van der Waals surface area contributed by atoms with Gasteiger partial charge in [0, 0.05) is 23.7 Å². The molecule has 1 fully saturated rings. The summed E-state index contributed by atoms with van der Waals surface area (Å²) in [5, 5.41) is 6.66. The van der Waals surface area contributed by atoms with E-state index in [1.54, 1.807) is 17.5 Å². The number of nitrogens with zero attached hydrogens (tertiary/aromatic N) is 2. The molecule has 0 atom stereocenters. The van der Waals surface area contributed by atoms with Crippen molar-refractivity contribution < 1.29 is 4.74 Å². The molecular formula is C14H17N3OS. The number of rotatable bonds is 6. The van der Waals surface area contributed by atoms with Crippen LogP contribution in [-0.4, -0.2) is 16.0 Å². The monoisotopic (exact) mass is 275 g/mol. The van der Waals surface area contributed by atoms with Crippen molar-refractivity contribution in [3.63, 3.8) is 0 Å². The summed E-state index contributed by atoms with van der Waals surface area (Å²) < 4.78 is 5.66. The normalized spacial score (nSPS) is 14.6. The summed E-state index contributed by atoms with van der Waals surface area (Å²) in [6, 6.07) is 4.60. The van der Waals surface area contributed by atoms with Gasteiger partial charge in [-0.1, -0.05) is 0 Å². The van der Waals surface area contributed by atoms with Crippen LogP contribution in [0.5, 0.6) is 5.75 Å². The third-order valence-corrected chi connectivity index (χ3v) is 3.89. The SMILES string of the molecule is Cc1ccc(OCc2csc(CNC3CC3)n2)cn1. The Hall–Kier alpha value is -1.46. The van der Waals surface area contributed by atoms with Gasteiger partial charge in [0.15, 0.2) is 0 Å². The summed E-state index contributed by atoms with van der Waals surface area (Å²) in [7, 11) is 0. The van der Waals surface area contributed by atoms with Crippen LogP contribution in [0.3, 0.4) is 0 Å². The molecule has 0 unspecified atom stereocenters. The summed E-state index contributed by atoms with van der Waals surface area (Å²) in [4.78, 5) is 8.75. The molecule has 0 aromatic carbocycles. The van der Waals surface area contributed by atoms with E-state index in [9.17, 15) is 0 Å². The van der Waals surface area contributed by atoms with E-state index in [1.165, 1.54) is 12.8 Å². The van der Waals surface area contributed by atoms with Crippen molar-refractivity contribution >= 4 is 11.3 Å². The molecule has 0 saturated heterocycles. The number of pyridine rings is 1. The second-order valence-electron chi connectivity index (χ2n) is 4.81. The molecule has 0 aliphatic heterocycles. The molecule has 5 heteroatoms. The van der Waals surface area contributed by atoms with Crippen molar-refractivity contribution in [2.24, 2.45) is 0 Å². The van der Waals surface area contributed by atoms with E-state index < -0.39 is 0 Å². The summed E-state index contributed by atoms with van der Waals surface area (Å²) in [5.74, 6) is 0.788. The minimum atomic E-state index is 0.505. The predicted molar refractivity (Wildman–Crippen MR) is 75.3 cm³/mol. The lowest BCUT2D eigenvalue weighted by Gasteiger charge is -2.03. The van der Waals surface area contributed by atoms with Gasteiger partial charge in [0.2, 0.25) is 0 Å². The molecule has 1 aliphatic rings. The Morgan fingerprint density at radius 3 is 3.05 bits per heavy atom. The van der Waals surface area contributed by atoms with Crippen LogP contribution in [0.1, 0.15) is 29.2 Å². The predicted octanol–water partition coefficient (Wildman–Crippen LogP) is 2.68. The molecule has 1 N–H and O–H groups in total. The Morgan fingerprint density at radius 1 is 1.42 bits per heavy atom. The maximum atomic E-state index is 5.66. The molecule has 4 nitrogen and oxygen atoms in total. The van der Waals surface area contributed by atoms with Gasteiger partial charge in [-0.3, -0.25) is 4.98 Å². The highest BCUT2D eigenvalue weighted by molar-refractivity contribution is 7.09. The molecule has 19 heavy (non-hydrogen) atoms. The van der Waals surface area contributed by atoms with Gasteiger partial charge < -0.3 is 10.1 Å². The first-order valence-electron chi connectivity index (χ1n) is 6.52. The molecule has 0 amide bonds. The van der Waals surface area contributed by atoms with Crippen LogP contribution in [0.2, 0.25) is 0 Å². The van der Waals surface area contributed by atoms with E-state index in [-0.39, 0.29) is 0 Å². The zero-order valence-corrected chi connectivity index (χ0v) is 11.7. The highest BCUT2D eigenvalue weighted by Crippen LogP contribution is 2.20. The maximum absolute atomic E-state index is 5.66. The maximum Gasteiger partial charge on any atom is 0.138 e. The largest absolute Gasteiger partial charge is 0.486 e. The third-order valence-electron chi connectivity index (χ3n) is 2.99. The standard InChI is InChI=1S/C14H17N3OS/c1-10-2-5-13(6-15-10)18-8-12-9-19-14(17-12)7-16-11-3-4-11/h2,5-6,9,11,16H,3-4,7-8H2,1H3. The Balaban J connectivity index is 1.50. The highest BCUT2D eigenvalue weighted by Gasteiger charge is 2.20. The molecule has 0 bridgehead atoms. The Morgan fingerprint density at radius 2 is 2.32 bits per heavy atom. The quantitative estimate of drug-likeness (QED) is 0.880. The van der Waals surface area contributed by atoms with Gasteiger partial charge in [-0.15, -0.1) is 11.3 Å². The first-order chi connectivity index (χ1) is 9.29. The van der Waals surface area contributed by atoms with Gasteiger partial charge in [0.1, 0.15) is 17.4 Å². The molecule has 3 rings (SSSR count). The van der Waals surface area contributed by atoms with Crippen molar-refractivity contribution in [3.05, 3.63) is 40.1 Å². The zero-order valence-electron chi connectivity index (χ0n) is 10.9. The Bertz CT molecular complexity index is 534. The van der Waals surface area contributed by atoms with Crippen LogP contribution in [-0.2, 0) is 13.2 Å². The smallest absolute Gasteiger partial charge is 0.138 e. The van der Waals surface area contributed by atoms with Gasteiger partial charge in [-0.25, -0.2) is 4.98 Å². The number of hydrogen-bond donors (Lipinski definition) is 1. The third kappa shape index (κ3) is 3.75. The second-order valence-corrected chi connectivity index (χ2v) is 5.75. The molecule has 0 radical (unpaired) electrons. The average Bonchev–Trinajstić information content (AvgIpc) is 3.15. The Kier molecular flexibility index (Phi) is 3.75. The van der Waals surface area contributed by atoms with Crippen molar-refractivity contribution in [2.75, 3.05) is 0 Å². The minimum absolute atomic E-state index is 0.505. The van der Waals surface area contributed by atoms with E-state index >= 15 is 0 Å². The molecule has 2 heterocycles. The van der Waals surface area contributed by atoms with Gasteiger partial charge in [-0.05, 0) is 31.9 Å². The minimum Gasteiger partial charge on any atom is -0.486 e. The number of aryl methyl sites for hydroxylation is 1. The molecule has 2 aromatic rings. The van der Waals surface area contributed by atoms with Crippen LogP contribution < -0.4 is 10.1 Å². The van der Waals surface area contributed by atoms with Crippen molar-refractivity contribution in [1.29, 1.82) is 0 Å². The van der Waals surface area contributed by atoms with Crippen LogP contribution in [0.15, 0.2) is 23.7 Å². The molecule has 100 valence electrons. The zero-order chi connectivity index (χ0) is 13.1. The second kappa shape index (κ2) is 5.67. The van der Waals surface area contributed by atoms with Gasteiger partial charge in [0.25, 0.3) is 0 Å². The number of nitrogens with one attached hydrogen (secondary N) is 1. The fourth-order valence-electron chi connectivity index (χ4n) is 1.71. The molecule has 0 spiro atoms. The lowest BCUT2D eigenvalue weighted by Crippen LogP contribution is -2.15. The fraction of sp³-hybridized carbons (Fsp3) is 0.429. The fourth-order valence-corrected chi connectivity index (χ4v) is 2.44. The Labute approximate surface area is 116 Å². The van der Waals surface area contributed by atoms with E-state index in [0.717, 1.165) is 34.7 Å². The van der Waals surface area contributed by atoms with Crippen LogP contribution in [0, 0.1) is 6.92 Å². The van der Waals surface area contributed by atoms with E-state index in [0.29, 0.717) is 6.61 Å². The van der Waals surface area contributed by atoms with Gasteiger partial charge in [-0.2, -0.15) is 0 Å². The molecule has 1 aliphatic carbocycles. The van der Waals surface area contributed by atoms with E-state index in [4.69, 9.17) is 4.74 Å². The summed E-state index contributed by atoms with van der Waals surface area (Å²) in [6.45, 7) is 3.34. The number of aromatic nitrogens is 2. The average molecular weight is 275 g/mol. The molecule has 1 saturated carbocycles. The lowest BCUT2D eigenvalue weighted by molar-refractivity contribution is 0.300. The van der Waals surface area contributed by atoms with Crippen molar-refractivity contribution in [2.45, 2.75) is 39.0 Å². The molecular weight excluding hydrogens is 258 g/mol. The number of ether oxygens (including phenoxy) is 1. The highest BCUT2D eigenvalue weighted by atomic mass is 32.1. The summed E-state index contributed by atoms with van der Waals surface area (Å²) in [6.07, 6.45) is 4.36. The van der Waals surface area contributed by atoms with Crippen LogP contribution in [0.4, 0.5) is 0 Å². The van der Waals surface area contributed by atoms with E-state index in [1.807, 2.05) is 19.1 Å². The number of thiazole rings is 1. The van der Waals surface area contributed by atoms with Crippen LogP contribution in [0.25, 0.3) is 0 Å². The van der Waals surface area contributed by atoms with Gasteiger partial charge >= 0.3 is 0 Å². The van der Waals surface area contributed by atoms with Crippen LogP contribution >= 0.6 is 11.3 Å². The topological polar surface area (TPSA) is 47.0 Å². The van der Waals surface area contributed by atoms with Gasteiger partial charge in [0.05, 0.1) is 11.9 Å². The van der Waals surface area contributed by atoms with Crippen molar-refractivity contribution in [1.82, 2.24) is 15.3 Å². The summed E-state index contributed by atoms with van der Waals surface area (Å²) in [5.41, 5.74) is 1.98. The molecule has 2 aromatic heterocycles. The summed E-state index contributed by atoms with van der Waals surface area (Å²) >= 11 is 1.69. The lowest BCUT2D eigenvalue weighted by atomic mass is 10.4.